The van der Waals surface area contributed by atoms with Crippen LogP contribution in [0.4, 0.5) is 5.13 Å². The highest BCUT2D eigenvalue weighted by Gasteiger charge is 2.21. The van der Waals surface area contributed by atoms with Crippen molar-refractivity contribution < 1.29 is 4.79 Å². The van der Waals surface area contributed by atoms with Gasteiger partial charge < -0.3 is 10.3 Å². The number of aromatic nitrogens is 3. The number of fused-ring (bicyclic) bond motifs is 4. The molecule has 2 N–H and O–H groups in total. The van der Waals surface area contributed by atoms with Crippen LogP contribution in [0, 0.1) is 0 Å². The van der Waals surface area contributed by atoms with Crippen LogP contribution in [0.25, 0.3) is 21.5 Å². The second kappa shape index (κ2) is 8.70. The summed E-state index contributed by atoms with van der Waals surface area (Å²) in [5.74, 6) is 1.28. The van der Waals surface area contributed by atoms with Gasteiger partial charge in [0.1, 0.15) is 10.7 Å². The minimum Gasteiger partial charge on any atom is -0.309 e. The number of amides is 1. The van der Waals surface area contributed by atoms with E-state index < -0.39 is 0 Å². The van der Waals surface area contributed by atoms with E-state index in [9.17, 15) is 9.59 Å². The number of aromatic amines is 1. The van der Waals surface area contributed by atoms with Crippen molar-refractivity contribution in [3.05, 3.63) is 61.3 Å². The first kappa shape index (κ1) is 21.1. The molecule has 4 aromatic rings. The Kier molecular flexibility index (Phi) is 5.55. The van der Waals surface area contributed by atoms with Crippen LogP contribution >= 0.6 is 34.4 Å². The summed E-state index contributed by atoms with van der Waals surface area (Å²) in [6.45, 7) is 0. The number of nitrogens with one attached hydrogen (secondary N) is 2. The number of aryl methyl sites for hydroxylation is 4. The number of thioether (sulfide) groups is 1. The van der Waals surface area contributed by atoms with Crippen LogP contribution in [0.15, 0.2) is 28.4 Å². The van der Waals surface area contributed by atoms with Gasteiger partial charge in [-0.05, 0) is 61.3 Å². The van der Waals surface area contributed by atoms with Crippen LogP contribution in [0.1, 0.15) is 40.2 Å². The fourth-order valence-electron chi connectivity index (χ4n) is 4.71. The van der Waals surface area contributed by atoms with E-state index in [2.05, 4.69) is 38.5 Å². The quantitative estimate of drug-likeness (QED) is 0.396. The molecule has 0 atom stereocenters. The van der Waals surface area contributed by atoms with Crippen molar-refractivity contribution in [3.8, 4) is 11.3 Å². The molecule has 2 aliphatic carbocycles. The highest BCUT2D eigenvalue weighted by Crippen LogP contribution is 2.34. The van der Waals surface area contributed by atoms with Crippen LogP contribution in [0.3, 0.4) is 0 Å². The van der Waals surface area contributed by atoms with Crippen molar-refractivity contribution in [2.24, 2.45) is 0 Å². The van der Waals surface area contributed by atoms with Gasteiger partial charge in [0.15, 0.2) is 5.13 Å². The van der Waals surface area contributed by atoms with Crippen molar-refractivity contribution in [1.29, 1.82) is 0 Å². The molecular formula is C24H22N4O2S3. The number of rotatable bonds is 6. The van der Waals surface area contributed by atoms with E-state index in [-0.39, 0.29) is 17.2 Å². The third-order valence-corrected chi connectivity index (χ3v) is 9.13. The van der Waals surface area contributed by atoms with Gasteiger partial charge in [0.2, 0.25) is 5.91 Å². The third-order valence-electron chi connectivity index (χ3n) is 6.24. The second-order valence-corrected chi connectivity index (χ2v) is 11.4. The molecule has 1 amide bonds. The molecule has 0 bridgehead atoms. The number of nitrogens with zero attached hydrogens (tertiary/aromatic N) is 2. The Morgan fingerprint density at radius 2 is 2.00 bits per heavy atom. The summed E-state index contributed by atoms with van der Waals surface area (Å²) in [5, 5.41) is 6.26. The molecule has 0 radical (unpaired) electrons. The summed E-state index contributed by atoms with van der Waals surface area (Å²) in [6, 6.07) is 6.55. The van der Waals surface area contributed by atoms with Gasteiger partial charge in [0, 0.05) is 15.8 Å². The Bertz CT molecular complexity index is 1440. The molecule has 0 aliphatic heterocycles. The Labute approximate surface area is 202 Å². The lowest BCUT2D eigenvalue weighted by Gasteiger charge is -2.03. The number of carbonyl (C=O) groups is 1. The molecule has 3 aromatic heterocycles. The molecular weight excluding hydrogens is 472 g/mol. The maximum atomic E-state index is 12.6. The molecule has 6 nitrogen and oxygen atoms in total. The standard InChI is InChI=1S/C24H22N4O2S3/c29-20(28-24-25-17(10-32-24)15-8-7-13-3-1-4-14(13)9-15)12-31-11-19-26-22(30)21-16-5-2-6-18(16)33-23(21)27-19/h7-10H,1-6,11-12H2,(H,25,28,29)(H,26,27,30). The van der Waals surface area contributed by atoms with Gasteiger partial charge in [0.25, 0.3) is 5.56 Å². The van der Waals surface area contributed by atoms with E-state index >= 15 is 0 Å². The average molecular weight is 495 g/mol. The van der Waals surface area contributed by atoms with Gasteiger partial charge in [-0.15, -0.1) is 34.4 Å². The van der Waals surface area contributed by atoms with Crippen molar-refractivity contribution in [2.45, 2.75) is 44.3 Å². The third kappa shape index (κ3) is 4.13. The molecule has 0 unspecified atom stereocenters. The number of thiazole rings is 1. The molecule has 9 heteroatoms. The van der Waals surface area contributed by atoms with Crippen LogP contribution < -0.4 is 10.9 Å². The maximum absolute atomic E-state index is 12.6. The Morgan fingerprint density at radius 1 is 1.12 bits per heavy atom. The highest BCUT2D eigenvalue weighted by atomic mass is 32.2. The number of hydrogen-bond acceptors (Lipinski definition) is 7. The first-order valence-corrected chi connectivity index (χ1v) is 14.0. The molecule has 6 rings (SSSR count). The molecule has 33 heavy (non-hydrogen) atoms. The minimum absolute atomic E-state index is 0.0543. The minimum atomic E-state index is -0.103. The summed E-state index contributed by atoms with van der Waals surface area (Å²) in [6.07, 6.45) is 6.66. The zero-order chi connectivity index (χ0) is 22.4. The fourth-order valence-corrected chi connectivity index (χ4v) is 7.41. The number of H-pyrrole nitrogens is 1. The van der Waals surface area contributed by atoms with E-state index in [1.807, 2.05) is 5.38 Å². The Morgan fingerprint density at radius 3 is 2.94 bits per heavy atom. The summed E-state index contributed by atoms with van der Waals surface area (Å²) in [5.41, 5.74) is 5.99. The van der Waals surface area contributed by atoms with E-state index in [4.69, 9.17) is 0 Å². The van der Waals surface area contributed by atoms with Gasteiger partial charge in [0.05, 0.1) is 22.6 Å². The van der Waals surface area contributed by atoms with Gasteiger partial charge in [-0.25, -0.2) is 9.97 Å². The van der Waals surface area contributed by atoms with E-state index in [0.717, 1.165) is 53.6 Å². The number of carbonyl (C=O) groups excluding carboxylic acids is 1. The summed E-state index contributed by atoms with van der Waals surface area (Å²) < 4.78 is 0. The molecule has 168 valence electrons. The Balaban J connectivity index is 1.06. The molecule has 1 aromatic carbocycles. The SMILES string of the molecule is O=C(CSCc1nc2sc3c(c2c(=O)[nH]1)CCC3)Nc1nc(-c2ccc3c(c2)CCC3)cs1. The lowest BCUT2D eigenvalue weighted by molar-refractivity contribution is -0.113. The topological polar surface area (TPSA) is 87.7 Å². The average Bonchev–Trinajstić information content (AvgIpc) is 3.57. The molecule has 0 fully saturated rings. The number of hydrogen-bond donors (Lipinski definition) is 2. The van der Waals surface area contributed by atoms with Gasteiger partial charge in [-0.3, -0.25) is 9.59 Å². The van der Waals surface area contributed by atoms with Crippen LogP contribution in [0.2, 0.25) is 0 Å². The molecule has 0 spiro atoms. The second-order valence-electron chi connectivity index (χ2n) is 8.47. The van der Waals surface area contributed by atoms with E-state index in [0.29, 0.717) is 16.7 Å². The molecule has 3 heterocycles. The smallest absolute Gasteiger partial charge is 0.259 e. The largest absolute Gasteiger partial charge is 0.309 e. The van der Waals surface area contributed by atoms with E-state index in [1.54, 1.807) is 11.3 Å². The first-order chi connectivity index (χ1) is 16.1. The van der Waals surface area contributed by atoms with E-state index in [1.165, 1.54) is 51.1 Å². The zero-order valence-corrected chi connectivity index (χ0v) is 20.4. The fraction of sp³-hybridized carbons (Fsp3) is 0.333. The number of thiophene rings is 1. The van der Waals surface area contributed by atoms with Crippen LogP contribution in [0.5, 0.6) is 0 Å². The Hall–Kier alpha value is -2.49. The van der Waals surface area contributed by atoms with Crippen LogP contribution in [-0.4, -0.2) is 26.6 Å². The lowest BCUT2D eigenvalue weighted by Crippen LogP contribution is -2.15. The highest BCUT2D eigenvalue weighted by molar-refractivity contribution is 7.99. The van der Waals surface area contributed by atoms with Crippen molar-refractivity contribution >= 4 is 55.7 Å². The van der Waals surface area contributed by atoms with Gasteiger partial charge in [-0.2, -0.15) is 0 Å². The van der Waals surface area contributed by atoms with Gasteiger partial charge >= 0.3 is 0 Å². The van der Waals surface area contributed by atoms with Crippen LogP contribution in [-0.2, 0) is 36.2 Å². The van der Waals surface area contributed by atoms with Crippen molar-refractivity contribution in [2.75, 3.05) is 11.1 Å². The summed E-state index contributed by atoms with van der Waals surface area (Å²) in [4.78, 5) is 39.2. The first-order valence-electron chi connectivity index (χ1n) is 11.1. The molecule has 0 saturated heterocycles. The van der Waals surface area contributed by atoms with Crippen molar-refractivity contribution in [1.82, 2.24) is 15.0 Å². The van der Waals surface area contributed by atoms with Crippen molar-refractivity contribution in [3.63, 3.8) is 0 Å². The zero-order valence-electron chi connectivity index (χ0n) is 17.9. The van der Waals surface area contributed by atoms with Gasteiger partial charge in [-0.1, -0.05) is 12.1 Å². The predicted octanol–water partition coefficient (Wildman–Crippen LogP) is 4.96. The molecule has 0 saturated carbocycles. The monoisotopic (exact) mass is 494 g/mol. The molecule has 2 aliphatic rings. The normalized spacial score (nSPS) is 14.5. The lowest BCUT2D eigenvalue weighted by atomic mass is 10.1. The summed E-state index contributed by atoms with van der Waals surface area (Å²) in [7, 11) is 0. The number of benzene rings is 1. The predicted molar refractivity (Wildman–Crippen MR) is 137 cm³/mol. The number of anilines is 1. The summed E-state index contributed by atoms with van der Waals surface area (Å²) >= 11 is 4.51. The maximum Gasteiger partial charge on any atom is 0.259 e.